The van der Waals surface area contributed by atoms with E-state index in [9.17, 15) is 4.79 Å². The van der Waals surface area contributed by atoms with Gasteiger partial charge in [-0.25, -0.2) is 0 Å². The third-order valence-corrected chi connectivity index (χ3v) is 6.61. The summed E-state index contributed by atoms with van der Waals surface area (Å²) >= 11 is 3.24. The van der Waals surface area contributed by atoms with Gasteiger partial charge in [-0.2, -0.15) is 0 Å². The van der Waals surface area contributed by atoms with E-state index in [1.54, 1.807) is 11.8 Å². The van der Waals surface area contributed by atoms with Gasteiger partial charge in [-0.05, 0) is 31.9 Å². The van der Waals surface area contributed by atoms with Gasteiger partial charge in [0.1, 0.15) is 5.82 Å². The lowest BCUT2D eigenvalue weighted by molar-refractivity contribution is -0.128. The molecule has 1 aromatic heterocycles. The van der Waals surface area contributed by atoms with E-state index in [0.29, 0.717) is 5.75 Å². The standard InChI is InChI=1S/C19H26N4OS2/c1-15-7-9-16(10-8-15)25-13-17-20-21-19(22(17)2)26-14-18(24)23-11-5-3-4-6-12-23/h7-10H,3-6,11-14H2,1-2H3. The van der Waals surface area contributed by atoms with E-state index in [2.05, 4.69) is 41.4 Å². The Hall–Kier alpha value is -1.47. The van der Waals surface area contributed by atoms with E-state index >= 15 is 0 Å². The number of aromatic nitrogens is 3. The molecule has 0 N–H and O–H groups in total. The molecule has 1 aliphatic heterocycles. The molecule has 2 aromatic rings. The molecule has 5 nitrogen and oxygen atoms in total. The summed E-state index contributed by atoms with van der Waals surface area (Å²) in [5.41, 5.74) is 1.26. The Bertz CT molecular complexity index is 722. The third-order valence-electron chi connectivity index (χ3n) is 4.60. The van der Waals surface area contributed by atoms with E-state index in [1.165, 1.54) is 35.1 Å². The molecule has 140 valence electrons. The van der Waals surface area contributed by atoms with Crippen molar-refractivity contribution in [2.45, 2.75) is 48.4 Å². The fourth-order valence-electron chi connectivity index (χ4n) is 2.92. The Balaban J connectivity index is 1.51. The molecule has 26 heavy (non-hydrogen) atoms. The molecule has 1 amide bonds. The molecule has 0 atom stereocenters. The van der Waals surface area contributed by atoms with Crippen molar-refractivity contribution >= 4 is 29.4 Å². The van der Waals surface area contributed by atoms with E-state index in [-0.39, 0.29) is 5.91 Å². The highest BCUT2D eigenvalue weighted by Crippen LogP contribution is 2.24. The van der Waals surface area contributed by atoms with E-state index in [1.807, 2.05) is 16.5 Å². The fourth-order valence-corrected chi connectivity index (χ4v) is 4.62. The second-order valence-electron chi connectivity index (χ2n) is 6.64. The maximum absolute atomic E-state index is 12.4. The van der Waals surface area contributed by atoms with Crippen molar-refractivity contribution in [3.05, 3.63) is 35.7 Å². The van der Waals surface area contributed by atoms with Gasteiger partial charge in [-0.15, -0.1) is 22.0 Å². The highest BCUT2D eigenvalue weighted by Gasteiger charge is 2.17. The van der Waals surface area contributed by atoms with Gasteiger partial charge >= 0.3 is 0 Å². The average Bonchev–Trinajstić information content (AvgIpc) is 2.85. The van der Waals surface area contributed by atoms with Gasteiger partial charge in [-0.3, -0.25) is 4.79 Å². The van der Waals surface area contributed by atoms with Crippen LogP contribution in [-0.2, 0) is 17.6 Å². The lowest BCUT2D eigenvalue weighted by atomic mass is 10.2. The van der Waals surface area contributed by atoms with Crippen LogP contribution >= 0.6 is 23.5 Å². The topological polar surface area (TPSA) is 51.0 Å². The van der Waals surface area contributed by atoms with E-state index < -0.39 is 0 Å². The van der Waals surface area contributed by atoms with Crippen LogP contribution < -0.4 is 0 Å². The normalized spacial score (nSPS) is 15.1. The van der Waals surface area contributed by atoms with E-state index in [4.69, 9.17) is 0 Å². The molecule has 0 saturated carbocycles. The molecule has 1 aromatic carbocycles. The first-order chi connectivity index (χ1) is 12.6. The van der Waals surface area contributed by atoms with Crippen LogP contribution in [0.4, 0.5) is 0 Å². The van der Waals surface area contributed by atoms with Gasteiger partial charge in [-0.1, -0.05) is 42.3 Å². The fraction of sp³-hybridized carbons (Fsp3) is 0.526. The Morgan fingerprint density at radius 1 is 1.04 bits per heavy atom. The monoisotopic (exact) mass is 390 g/mol. The molecule has 7 heteroatoms. The molecule has 1 saturated heterocycles. The number of hydrogen-bond donors (Lipinski definition) is 0. The Morgan fingerprint density at radius 2 is 1.73 bits per heavy atom. The number of nitrogens with zero attached hydrogens (tertiary/aromatic N) is 4. The first kappa shape index (κ1) is 19.3. The maximum atomic E-state index is 12.4. The molecule has 0 bridgehead atoms. The van der Waals surface area contributed by atoms with E-state index in [0.717, 1.165) is 42.7 Å². The zero-order valence-electron chi connectivity index (χ0n) is 15.5. The molecule has 1 aliphatic rings. The smallest absolute Gasteiger partial charge is 0.233 e. The van der Waals surface area contributed by atoms with Gasteiger partial charge in [0.2, 0.25) is 5.91 Å². The lowest BCUT2D eigenvalue weighted by Crippen LogP contribution is -2.33. The number of thioether (sulfide) groups is 2. The molecule has 2 heterocycles. The number of aryl methyl sites for hydroxylation is 1. The quantitative estimate of drug-likeness (QED) is 0.700. The molecule has 0 radical (unpaired) electrons. The number of carbonyl (C=O) groups is 1. The van der Waals surface area contributed by atoms with Crippen LogP contribution in [0.25, 0.3) is 0 Å². The molecular weight excluding hydrogens is 364 g/mol. The zero-order valence-corrected chi connectivity index (χ0v) is 17.1. The number of rotatable bonds is 6. The van der Waals surface area contributed by atoms with Crippen LogP contribution in [0.1, 0.15) is 37.1 Å². The molecule has 1 fully saturated rings. The number of amides is 1. The summed E-state index contributed by atoms with van der Waals surface area (Å²) in [7, 11) is 1.98. The molecule has 0 unspecified atom stereocenters. The van der Waals surface area contributed by atoms with Crippen molar-refractivity contribution in [1.29, 1.82) is 0 Å². The SMILES string of the molecule is Cc1ccc(SCc2nnc(SCC(=O)N3CCCCCC3)n2C)cc1. The Morgan fingerprint density at radius 3 is 2.42 bits per heavy atom. The van der Waals surface area contributed by atoms with Crippen LogP contribution in [0.2, 0.25) is 0 Å². The summed E-state index contributed by atoms with van der Waals surface area (Å²) in [5, 5.41) is 9.38. The minimum absolute atomic E-state index is 0.218. The van der Waals surface area contributed by atoms with Gasteiger partial charge in [0, 0.05) is 25.0 Å². The van der Waals surface area contributed by atoms with Crippen LogP contribution in [-0.4, -0.2) is 44.4 Å². The third kappa shape index (κ3) is 5.27. The Labute approximate surface area is 163 Å². The number of benzene rings is 1. The Kier molecular flexibility index (Phi) is 7.02. The predicted octanol–water partition coefficient (Wildman–Crippen LogP) is 3.91. The largest absolute Gasteiger partial charge is 0.342 e. The predicted molar refractivity (Wildman–Crippen MR) is 108 cm³/mol. The van der Waals surface area contributed by atoms with Crippen LogP contribution in [0, 0.1) is 6.92 Å². The number of likely N-dealkylation sites (tertiary alicyclic amines) is 1. The van der Waals surface area contributed by atoms with Crippen molar-refractivity contribution in [3.8, 4) is 0 Å². The second-order valence-corrected chi connectivity index (χ2v) is 8.63. The van der Waals surface area contributed by atoms with Crippen molar-refractivity contribution < 1.29 is 4.79 Å². The summed E-state index contributed by atoms with van der Waals surface area (Å²) in [6.07, 6.45) is 4.73. The summed E-state index contributed by atoms with van der Waals surface area (Å²) in [4.78, 5) is 15.7. The maximum Gasteiger partial charge on any atom is 0.233 e. The van der Waals surface area contributed by atoms with Gasteiger partial charge in [0.05, 0.1) is 11.5 Å². The summed E-state index contributed by atoms with van der Waals surface area (Å²) in [6.45, 7) is 3.89. The minimum atomic E-state index is 0.218. The van der Waals surface area contributed by atoms with Gasteiger partial charge < -0.3 is 9.47 Å². The molecule has 0 spiro atoms. The van der Waals surface area contributed by atoms with Crippen molar-refractivity contribution in [2.24, 2.45) is 7.05 Å². The first-order valence-corrected chi connectivity index (χ1v) is 11.1. The van der Waals surface area contributed by atoms with Gasteiger partial charge in [0.15, 0.2) is 5.16 Å². The number of hydrogen-bond acceptors (Lipinski definition) is 5. The second kappa shape index (κ2) is 9.46. The molecular formula is C19H26N4OS2. The molecule has 0 aliphatic carbocycles. The first-order valence-electron chi connectivity index (χ1n) is 9.12. The van der Waals surface area contributed by atoms with Gasteiger partial charge in [0.25, 0.3) is 0 Å². The highest BCUT2D eigenvalue weighted by atomic mass is 32.2. The minimum Gasteiger partial charge on any atom is -0.342 e. The van der Waals surface area contributed by atoms with Crippen LogP contribution in [0.15, 0.2) is 34.3 Å². The zero-order chi connectivity index (χ0) is 18.4. The summed E-state index contributed by atoms with van der Waals surface area (Å²) in [5.74, 6) is 2.36. The summed E-state index contributed by atoms with van der Waals surface area (Å²) < 4.78 is 2.00. The van der Waals surface area contributed by atoms with Crippen LogP contribution in [0.5, 0.6) is 0 Å². The lowest BCUT2D eigenvalue weighted by Gasteiger charge is -2.19. The van der Waals surface area contributed by atoms with Crippen molar-refractivity contribution in [2.75, 3.05) is 18.8 Å². The van der Waals surface area contributed by atoms with Crippen molar-refractivity contribution in [1.82, 2.24) is 19.7 Å². The highest BCUT2D eigenvalue weighted by molar-refractivity contribution is 7.99. The average molecular weight is 391 g/mol. The number of carbonyl (C=O) groups excluding carboxylic acids is 1. The molecule has 3 rings (SSSR count). The van der Waals surface area contributed by atoms with Crippen molar-refractivity contribution in [3.63, 3.8) is 0 Å². The summed E-state index contributed by atoms with van der Waals surface area (Å²) in [6, 6.07) is 8.50. The van der Waals surface area contributed by atoms with Crippen LogP contribution in [0.3, 0.4) is 0 Å².